The maximum atomic E-state index is 12.7. The van der Waals surface area contributed by atoms with Crippen LogP contribution in [0.1, 0.15) is 12.0 Å². The number of hydrogen-bond acceptors (Lipinski definition) is 15. The molecule has 0 radical (unpaired) electrons. The molecule has 1 aliphatic carbocycles. The van der Waals surface area contributed by atoms with Crippen molar-refractivity contribution in [3.05, 3.63) is 101 Å². The molecule has 0 spiro atoms. The first-order valence-corrected chi connectivity index (χ1v) is 17.6. The highest BCUT2D eigenvalue weighted by atomic mass is 16.5. The molecule has 1 amide bonds. The third-order valence-corrected chi connectivity index (χ3v) is 7.56. The van der Waals surface area contributed by atoms with Crippen LogP contribution in [0.5, 0.6) is 0 Å². The molecule has 8 N–H and O–H groups in total. The number of benzene rings is 2. The van der Waals surface area contributed by atoms with Gasteiger partial charge >= 0.3 is 0 Å². The lowest BCUT2D eigenvalue weighted by molar-refractivity contribution is -0.123. The lowest BCUT2D eigenvalue weighted by atomic mass is 9.98. The maximum Gasteiger partial charge on any atom is 0.233 e. The number of aromatic nitrogens is 3. The molecule has 0 saturated carbocycles. The summed E-state index contributed by atoms with van der Waals surface area (Å²) in [4.78, 5) is 29.0. The van der Waals surface area contributed by atoms with Gasteiger partial charge in [-0.05, 0) is 47.9 Å². The van der Waals surface area contributed by atoms with Gasteiger partial charge in [-0.2, -0.15) is 15.0 Å². The van der Waals surface area contributed by atoms with E-state index in [1.165, 1.54) is 0 Å². The summed E-state index contributed by atoms with van der Waals surface area (Å²) in [6, 6.07) is 17.3. The number of ether oxygens (including phenoxy) is 4. The molecule has 0 aliphatic heterocycles. The number of carbonyl (C=O) groups excluding carboxylic acids is 1. The van der Waals surface area contributed by atoms with Crippen LogP contribution in [0.25, 0.3) is 16.1 Å². The fourth-order valence-electron chi connectivity index (χ4n) is 4.80. The van der Waals surface area contributed by atoms with Crippen LogP contribution >= 0.6 is 0 Å². The summed E-state index contributed by atoms with van der Waals surface area (Å²) >= 11 is 0. The fourth-order valence-corrected chi connectivity index (χ4v) is 4.80. The molecular weight excluding hydrogens is 694 g/mol. The summed E-state index contributed by atoms with van der Waals surface area (Å²) in [5.74, 6) is 6.06. The summed E-state index contributed by atoms with van der Waals surface area (Å²) in [5, 5.41) is 19.2. The molecule has 18 nitrogen and oxygen atoms in total. The second kappa shape index (κ2) is 24.5. The first-order valence-electron chi connectivity index (χ1n) is 17.6. The van der Waals surface area contributed by atoms with Crippen LogP contribution < -0.4 is 37.9 Å². The topological polar surface area (TPSA) is 240 Å². The summed E-state index contributed by atoms with van der Waals surface area (Å²) in [6.07, 6.45) is 6.07. The molecule has 1 heterocycles. The van der Waals surface area contributed by atoms with Crippen molar-refractivity contribution >= 4 is 40.8 Å². The molecule has 0 saturated heterocycles. The SMILES string of the molecule is C=C(NCCOCCOCCNc1nc(NC2=CCC(C(=O)NCCOCCOCCN=[N+]=[N-])C=C2)nc(Nc2ccc(NN)cc2)n1)c1ccccc1. The number of nitrogens with zero attached hydrogens (tertiary/aromatic N) is 6. The number of hydrazine groups is 1. The largest absolute Gasteiger partial charge is 0.383 e. The average molecular weight is 744 g/mol. The van der Waals surface area contributed by atoms with Gasteiger partial charge in [0.2, 0.25) is 23.8 Å². The van der Waals surface area contributed by atoms with E-state index in [0.717, 1.165) is 28.3 Å². The van der Waals surface area contributed by atoms with E-state index in [0.29, 0.717) is 96.8 Å². The van der Waals surface area contributed by atoms with Gasteiger partial charge in [-0.25, -0.2) is 0 Å². The van der Waals surface area contributed by atoms with Crippen molar-refractivity contribution in [2.45, 2.75) is 6.42 Å². The number of carbonyl (C=O) groups is 1. The Bertz CT molecular complexity index is 1690. The number of rotatable bonds is 27. The Hall–Kier alpha value is -5.75. The van der Waals surface area contributed by atoms with Gasteiger partial charge < -0.3 is 51.0 Å². The number of anilines is 5. The number of nitrogens with one attached hydrogen (secondary N) is 6. The number of nitrogens with two attached hydrogens (primary N) is 1. The van der Waals surface area contributed by atoms with Gasteiger partial charge in [0.1, 0.15) is 0 Å². The lowest BCUT2D eigenvalue weighted by Crippen LogP contribution is -2.33. The van der Waals surface area contributed by atoms with Gasteiger partial charge in [0, 0.05) is 53.9 Å². The third-order valence-electron chi connectivity index (χ3n) is 7.56. The molecule has 1 atom stereocenters. The van der Waals surface area contributed by atoms with E-state index in [2.05, 4.69) is 63.6 Å². The molecule has 1 aromatic heterocycles. The summed E-state index contributed by atoms with van der Waals surface area (Å²) in [5.41, 5.74) is 15.0. The van der Waals surface area contributed by atoms with Crippen LogP contribution in [0, 0.1) is 5.92 Å². The Morgan fingerprint density at radius 3 is 2.06 bits per heavy atom. The highest BCUT2D eigenvalue weighted by molar-refractivity contribution is 5.81. The highest BCUT2D eigenvalue weighted by Gasteiger charge is 2.18. The van der Waals surface area contributed by atoms with Crippen molar-refractivity contribution in [1.82, 2.24) is 25.6 Å². The van der Waals surface area contributed by atoms with Crippen LogP contribution in [0.3, 0.4) is 0 Å². The Labute approximate surface area is 314 Å². The van der Waals surface area contributed by atoms with Crippen LogP contribution in [0.4, 0.5) is 29.2 Å². The van der Waals surface area contributed by atoms with E-state index in [4.69, 9.17) is 30.3 Å². The Morgan fingerprint density at radius 2 is 1.41 bits per heavy atom. The number of allylic oxidation sites excluding steroid dienone is 2. The van der Waals surface area contributed by atoms with Crippen molar-refractivity contribution < 1.29 is 23.7 Å². The predicted octanol–water partition coefficient (Wildman–Crippen LogP) is 3.94. The standard InChI is InChI=1S/C36H49N13O5/c1-27(28-5-3-2-4-6-28)39-15-19-51-23-24-53-21-17-41-34-45-35(47-36(46-34)44-31-11-13-32(48-37)14-12-31)43-30-9-7-29(8-10-30)33(50)40-16-20-52-25-26-54-22-18-42-49-38/h2-7,9-14,29,39,48H,1,8,15-26,37H2,(H,40,50)(H3,41,43,44,45,46,47). The Morgan fingerprint density at radius 1 is 0.796 bits per heavy atom. The smallest absolute Gasteiger partial charge is 0.233 e. The van der Waals surface area contributed by atoms with Crippen LogP contribution in [-0.2, 0) is 23.7 Å². The van der Waals surface area contributed by atoms with E-state index in [9.17, 15) is 4.79 Å². The van der Waals surface area contributed by atoms with E-state index >= 15 is 0 Å². The first-order chi connectivity index (χ1) is 26.5. The zero-order valence-electron chi connectivity index (χ0n) is 30.2. The second-order valence-corrected chi connectivity index (χ2v) is 11.5. The summed E-state index contributed by atoms with van der Waals surface area (Å²) in [6.45, 7) is 9.13. The van der Waals surface area contributed by atoms with Crippen LogP contribution in [0.15, 0.2) is 90.2 Å². The summed E-state index contributed by atoms with van der Waals surface area (Å²) in [7, 11) is 0. The molecule has 1 aliphatic rings. The van der Waals surface area contributed by atoms with Gasteiger partial charge in [-0.15, -0.1) is 0 Å². The number of amides is 1. The van der Waals surface area contributed by atoms with E-state index < -0.39 is 0 Å². The van der Waals surface area contributed by atoms with Gasteiger partial charge in [0.25, 0.3) is 0 Å². The average Bonchev–Trinajstić information content (AvgIpc) is 3.20. The van der Waals surface area contributed by atoms with Crippen molar-refractivity contribution in [3.63, 3.8) is 0 Å². The zero-order valence-corrected chi connectivity index (χ0v) is 30.2. The van der Waals surface area contributed by atoms with Gasteiger partial charge in [-0.3, -0.25) is 10.6 Å². The van der Waals surface area contributed by atoms with Gasteiger partial charge in [0.15, 0.2) is 0 Å². The van der Waals surface area contributed by atoms with E-state index in [-0.39, 0.29) is 18.4 Å². The number of nitrogen functional groups attached to an aromatic ring is 1. The zero-order chi connectivity index (χ0) is 38.1. The van der Waals surface area contributed by atoms with Crippen LogP contribution in [0.2, 0.25) is 0 Å². The Kier molecular flexibility index (Phi) is 18.6. The molecule has 1 unspecified atom stereocenters. The van der Waals surface area contributed by atoms with E-state index in [1.807, 2.05) is 72.8 Å². The minimum absolute atomic E-state index is 0.0966. The molecule has 4 rings (SSSR count). The van der Waals surface area contributed by atoms with Crippen LogP contribution in [-0.4, -0.2) is 99.9 Å². The molecule has 288 valence electrons. The normalized spacial score (nSPS) is 13.3. The summed E-state index contributed by atoms with van der Waals surface area (Å²) < 4.78 is 22.1. The molecule has 18 heteroatoms. The molecule has 54 heavy (non-hydrogen) atoms. The van der Waals surface area contributed by atoms with E-state index in [1.54, 1.807) is 0 Å². The highest BCUT2D eigenvalue weighted by Crippen LogP contribution is 2.21. The molecule has 0 bridgehead atoms. The van der Waals surface area contributed by atoms with Crippen molar-refractivity contribution in [2.75, 3.05) is 100 Å². The minimum atomic E-state index is -0.319. The quantitative estimate of drug-likeness (QED) is 0.0146. The molecule has 2 aromatic carbocycles. The fraction of sp³-hybridized carbons (Fsp3) is 0.389. The predicted molar refractivity (Wildman–Crippen MR) is 209 cm³/mol. The van der Waals surface area contributed by atoms with Crippen molar-refractivity contribution in [3.8, 4) is 0 Å². The second-order valence-electron chi connectivity index (χ2n) is 11.5. The van der Waals surface area contributed by atoms with Gasteiger partial charge in [0.05, 0.1) is 58.8 Å². The molecule has 3 aromatic rings. The number of hydrogen-bond donors (Lipinski definition) is 7. The molecular formula is C36H49N13O5. The Balaban J connectivity index is 1.18. The lowest BCUT2D eigenvalue weighted by Gasteiger charge is -2.17. The first kappa shape index (κ1) is 41.0. The van der Waals surface area contributed by atoms with Gasteiger partial charge in [-0.1, -0.05) is 54.2 Å². The third kappa shape index (κ3) is 15.9. The maximum absolute atomic E-state index is 12.7. The van der Waals surface area contributed by atoms with Crippen molar-refractivity contribution in [1.29, 1.82) is 0 Å². The molecule has 0 fully saturated rings. The van der Waals surface area contributed by atoms with Crippen molar-refractivity contribution in [2.24, 2.45) is 16.9 Å². The monoisotopic (exact) mass is 743 g/mol. The minimum Gasteiger partial charge on any atom is -0.383 e. The number of azide groups is 1.